The molecule has 2 atom stereocenters. The van der Waals surface area contributed by atoms with E-state index in [4.69, 9.17) is 0 Å². The van der Waals surface area contributed by atoms with Gasteiger partial charge in [-0.15, -0.1) is 0 Å². The van der Waals surface area contributed by atoms with Crippen molar-refractivity contribution in [2.45, 2.75) is 33.2 Å². The Morgan fingerprint density at radius 1 is 1.53 bits per heavy atom. The molecule has 0 bridgehead atoms. The smallest absolute Gasteiger partial charge is 0.326 e. The average molecular weight is 266 g/mol. The van der Waals surface area contributed by atoms with Crippen LogP contribution in [0.4, 0.5) is 11.4 Å². The molecule has 0 spiro atoms. The summed E-state index contributed by atoms with van der Waals surface area (Å²) in [6.07, 6.45) is 0.732. The van der Waals surface area contributed by atoms with Crippen LogP contribution in [0.3, 0.4) is 0 Å². The summed E-state index contributed by atoms with van der Waals surface area (Å²) in [5, 5.41) is 22.8. The molecule has 0 saturated heterocycles. The van der Waals surface area contributed by atoms with E-state index in [1.54, 1.807) is 13.0 Å². The fourth-order valence-electron chi connectivity index (χ4n) is 1.81. The highest BCUT2D eigenvalue weighted by molar-refractivity contribution is 5.78. The second-order valence-electron chi connectivity index (χ2n) is 4.60. The predicted molar refractivity (Wildman–Crippen MR) is 72.3 cm³/mol. The highest BCUT2D eigenvalue weighted by atomic mass is 16.6. The molecule has 2 N–H and O–H groups in total. The van der Waals surface area contributed by atoms with Gasteiger partial charge in [-0.1, -0.05) is 20.3 Å². The third kappa shape index (κ3) is 3.67. The lowest BCUT2D eigenvalue weighted by atomic mass is 9.99. The van der Waals surface area contributed by atoms with Crippen molar-refractivity contribution in [3.05, 3.63) is 33.9 Å². The normalized spacial score (nSPS) is 13.6. The molecule has 6 nitrogen and oxygen atoms in total. The standard InChI is InChI=1S/C13H18N2O4/c1-4-8(2)12(13(16)17)14-10-5-6-11(15(18)19)9(3)7-10/h5-8,12,14H,4H2,1-3H3,(H,16,17)/t8-,12-/m0/s1. The molecule has 0 heterocycles. The minimum absolute atomic E-state index is 0.0287. The van der Waals surface area contributed by atoms with E-state index >= 15 is 0 Å². The van der Waals surface area contributed by atoms with Gasteiger partial charge in [0.15, 0.2) is 0 Å². The topological polar surface area (TPSA) is 92.5 Å². The molecule has 0 amide bonds. The number of nitrogens with zero attached hydrogens (tertiary/aromatic N) is 1. The largest absolute Gasteiger partial charge is 0.480 e. The van der Waals surface area contributed by atoms with Crippen molar-refractivity contribution in [2.75, 3.05) is 5.32 Å². The van der Waals surface area contributed by atoms with Crippen LogP contribution in [0.1, 0.15) is 25.8 Å². The number of nitro groups is 1. The Labute approximate surface area is 111 Å². The zero-order valence-corrected chi connectivity index (χ0v) is 11.2. The van der Waals surface area contributed by atoms with Crippen LogP contribution in [0.2, 0.25) is 0 Å². The molecule has 0 aromatic heterocycles. The Hall–Kier alpha value is -2.11. The molecule has 0 aliphatic heterocycles. The molecular formula is C13H18N2O4. The minimum Gasteiger partial charge on any atom is -0.480 e. The first-order valence-electron chi connectivity index (χ1n) is 6.11. The maximum absolute atomic E-state index is 11.2. The number of rotatable bonds is 6. The number of carboxylic acids is 1. The monoisotopic (exact) mass is 266 g/mol. The molecule has 19 heavy (non-hydrogen) atoms. The maximum atomic E-state index is 11.2. The second-order valence-corrected chi connectivity index (χ2v) is 4.60. The first-order valence-corrected chi connectivity index (χ1v) is 6.11. The van der Waals surface area contributed by atoms with Gasteiger partial charge in [0.05, 0.1) is 4.92 Å². The number of carboxylic acid groups (broad SMARTS) is 1. The Bertz CT molecular complexity index is 488. The van der Waals surface area contributed by atoms with Crippen LogP contribution in [-0.2, 0) is 4.79 Å². The van der Waals surface area contributed by atoms with Gasteiger partial charge < -0.3 is 10.4 Å². The molecule has 0 aliphatic rings. The number of aliphatic carboxylic acids is 1. The van der Waals surface area contributed by atoms with Crippen LogP contribution >= 0.6 is 0 Å². The summed E-state index contributed by atoms with van der Waals surface area (Å²) in [6, 6.07) is 3.80. The summed E-state index contributed by atoms with van der Waals surface area (Å²) in [7, 11) is 0. The summed E-state index contributed by atoms with van der Waals surface area (Å²) in [6.45, 7) is 5.40. The van der Waals surface area contributed by atoms with Gasteiger partial charge in [0.25, 0.3) is 5.69 Å². The van der Waals surface area contributed by atoms with E-state index in [1.165, 1.54) is 12.1 Å². The van der Waals surface area contributed by atoms with Crippen LogP contribution in [0.5, 0.6) is 0 Å². The average Bonchev–Trinajstić information content (AvgIpc) is 2.34. The van der Waals surface area contributed by atoms with Crippen molar-refractivity contribution in [3.8, 4) is 0 Å². The summed E-state index contributed by atoms with van der Waals surface area (Å²) in [4.78, 5) is 21.4. The van der Waals surface area contributed by atoms with Crippen LogP contribution < -0.4 is 5.32 Å². The van der Waals surface area contributed by atoms with E-state index < -0.39 is 16.9 Å². The number of nitro benzene ring substituents is 1. The van der Waals surface area contributed by atoms with Gasteiger partial charge in [-0.2, -0.15) is 0 Å². The van der Waals surface area contributed by atoms with Gasteiger partial charge in [-0.05, 0) is 25.0 Å². The lowest BCUT2D eigenvalue weighted by Gasteiger charge is -2.21. The zero-order valence-electron chi connectivity index (χ0n) is 11.2. The third-order valence-electron chi connectivity index (χ3n) is 3.19. The van der Waals surface area contributed by atoms with E-state index in [0.717, 1.165) is 6.42 Å². The van der Waals surface area contributed by atoms with Crippen molar-refractivity contribution in [3.63, 3.8) is 0 Å². The highest BCUT2D eigenvalue weighted by Gasteiger charge is 2.23. The molecule has 6 heteroatoms. The number of benzene rings is 1. The lowest BCUT2D eigenvalue weighted by molar-refractivity contribution is -0.385. The molecule has 0 radical (unpaired) electrons. The van der Waals surface area contributed by atoms with Gasteiger partial charge in [-0.3, -0.25) is 10.1 Å². The van der Waals surface area contributed by atoms with Crippen LogP contribution in [0.25, 0.3) is 0 Å². The Balaban J connectivity index is 2.95. The predicted octanol–water partition coefficient (Wildman–Crippen LogP) is 2.81. The fraction of sp³-hybridized carbons (Fsp3) is 0.462. The summed E-state index contributed by atoms with van der Waals surface area (Å²) in [5.74, 6) is -0.960. The van der Waals surface area contributed by atoms with Crippen molar-refractivity contribution in [2.24, 2.45) is 5.92 Å². The molecule has 1 aromatic rings. The maximum Gasteiger partial charge on any atom is 0.326 e. The number of carbonyl (C=O) groups is 1. The Morgan fingerprint density at radius 3 is 2.58 bits per heavy atom. The zero-order chi connectivity index (χ0) is 14.6. The Kier molecular flexibility index (Phi) is 4.86. The van der Waals surface area contributed by atoms with Crippen LogP contribution in [0, 0.1) is 23.0 Å². The second kappa shape index (κ2) is 6.17. The van der Waals surface area contributed by atoms with Crippen molar-refractivity contribution in [1.82, 2.24) is 0 Å². The number of aryl methyl sites for hydroxylation is 1. The molecule has 0 saturated carbocycles. The van der Waals surface area contributed by atoms with E-state index in [-0.39, 0.29) is 11.6 Å². The molecule has 0 aliphatic carbocycles. The van der Waals surface area contributed by atoms with Crippen molar-refractivity contribution in [1.29, 1.82) is 0 Å². The first-order chi connectivity index (χ1) is 8.86. The van der Waals surface area contributed by atoms with E-state index in [1.807, 2.05) is 13.8 Å². The van der Waals surface area contributed by atoms with Gasteiger partial charge >= 0.3 is 5.97 Å². The minimum atomic E-state index is -0.926. The summed E-state index contributed by atoms with van der Waals surface area (Å²) < 4.78 is 0. The molecule has 0 unspecified atom stereocenters. The van der Waals surface area contributed by atoms with Crippen molar-refractivity contribution >= 4 is 17.3 Å². The summed E-state index contributed by atoms with van der Waals surface area (Å²) in [5.41, 5.74) is 1.11. The first kappa shape index (κ1) is 14.9. The van der Waals surface area contributed by atoms with E-state index in [9.17, 15) is 20.0 Å². The lowest BCUT2D eigenvalue weighted by Crippen LogP contribution is -2.35. The molecule has 0 fully saturated rings. The highest BCUT2D eigenvalue weighted by Crippen LogP contribution is 2.23. The molecule has 104 valence electrons. The Morgan fingerprint density at radius 2 is 2.16 bits per heavy atom. The quantitative estimate of drug-likeness (QED) is 0.610. The SMILES string of the molecule is CC[C@H](C)[C@H](Nc1ccc([N+](=O)[O-])c(C)c1)C(=O)O. The summed E-state index contributed by atoms with van der Waals surface area (Å²) >= 11 is 0. The van der Waals surface area contributed by atoms with Gasteiger partial charge in [-0.25, -0.2) is 4.79 Å². The van der Waals surface area contributed by atoms with Gasteiger partial charge in [0.2, 0.25) is 0 Å². The fourth-order valence-corrected chi connectivity index (χ4v) is 1.81. The van der Waals surface area contributed by atoms with E-state index in [2.05, 4.69) is 5.32 Å². The number of hydrogen-bond acceptors (Lipinski definition) is 4. The van der Waals surface area contributed by atoms with Crippen LogP contribution in [-0.4, -0.2) is 22.0 Å². The number of nitrogens with one attached hydrogen (secondary N) is 1. The van der Waals surface area contributed by atoms with E-state index in [0.29, 0.717) is 11.3 Å². The van der Waals surface area contributed by atoms with Gasteiger partial charge in [0, 0.05) is 17.3 Å². The van der Waals surface area contributed by atoms with Gasteiger partial charge in [0.1, 0.15) is 6.04 Å². The van der Waals surface area contributed by atoms with Crippen LogP contribution in [0.15, 0.2) is 18.2 Å². The number of anilines is 1. The number of hydrogen-bond donors (Lipinski definition) is 2. The molecular weight excluding hydrogens is 248 g/mol. The molecule has 1 aromatic carbocycles. The van der Waals surface area contributed by atoms with Crippen molar-refractivity contribution < 1.29 is 14.8 Å². The molecule has 1 rings (SSSR count). The third-order valence-corrected chi connectivity index (χ3v) is 3.19.